The van der Waals surface area contributed by atoms with Crippen LogP contribution in [0.1, 0.15) is 76.3 Å². The molecular formula is C17H31N3S. The third-order valence-corrected chi connectivity index (χ3v) is 5.07. The summed E-state index contributed by atoms with van der Waals surface area (Å²) in [7, 11) is 2.19. The number of aromatic nitrogens is 1. The second kappa shape index (κ2) is 7.10. The molecule has 1 heterocycles. The Bertz CT molecular complexity index is 443. The second-order valence-corrected chi connectivity index (χ2v) is 8.37. The van der Waals surface area contributed by atoms with Gasteiger partial charge in [0.1, 0.15) is 0 Å². The monoisotopic (exact) mass is 309 g/mol. The van der Waals surface area contributed by atoms with Crippen molar-refractivity contribution in [3.05, 3.63) is 10.6 Å². The highest BCUT2D eigenvalue weighted by Crippen LogP contribution is 2.44. The van der Waals surface area contributed by atoms with Gasteiger partial charge in [-0.3, -0.25) is 0 Å². The lowest BCUT2D eigenvalue weighted by Gasteiger charge is -2.20. The van der Waals surface area contributed by atoms with E-state index in [1.165, 1.54) is 47.8 Å². The van der Waals surface area contributed by atoms with Gasteiger partial charge in [-0.1, -0.05) is 19.8 Å². The fourth-order valence-corrected chi connectivity index (χ4v) is 3.43. The van der Waals surface area contributed by atoms with Gasteiger partial charge in [-0.15, -0.1) is 11.3 Å². The summed E-state index contributed by atoms with van der Waals surface area (Å²) in [6, 6.07) is 0. The van der Waals surface area contributed by atoms with Crippen LogP contribution in [0.25, 0.3) is 0 Å². The lowest BCUT2D eigenvalue weighted by molar-refractivity contribution is 0.425. The summed E-state index contributed by atoms with van der Waals surface area (Å²) in [5, 5.41) is 4.82. The molecule has 1 aromatic rings. The van der Waals surface area contributed by atoms with Gasteiger partial charge in [0, 0.05) is 36.5 Å². The van der Waals surface area contributed by atoms with Gasteiger partial charge in [0.05, 0.1) is 5.69 Å². The Labute approximate surface area is 134 Å². The summed E-state index contributed by atoms with van der Waals surface area (Å²) >= 11 is 1.89. The van der Waals surface area contributed by atoms with Gasteiger partial charge in [-0.25, -0.2) is 4.98 Å². The molecule has 0 radical (unpaired) electrons. The Morgan fingerprint density at radius 2 is 2.00 bits per heavy atom. The molecule has 21 heavy (non-hydrogen) atoms. The van der Waals surface area contributed by atoms with Crippen molar-refractivity contribution in [1.82, 2.24) is 10.3 Å². The number of nitrogens with zero attached hydrogens (tertiary/aromatic N) is 2. The first-order chi connectivity index (χ1) is 9.90. The van der Waals surface area contributed by atoms with Crippen LogP contribution in [0.3, 0.4) is 0 Å². The standard InChI is InChI=1S/C17H31N3S/c1-6-7-8-11-20(5)16-19-15(13-9-10-13)14(21-16)12-18-17(2,3)4/h13,18H,6-12H2,1-5H3. The van der Waals surface area contributed by atoms with Gasteiger partial charge in [0.25, 0.3) is 0 Å². The quantitative estimate of drug-likeness (QED) is 0.715. The van der Waals surface area contributed by atoms with Crippen molar-refractivity contribution >= 4 is 16.5 Å². The molecule has 2 rings (SSSR count). The van der Waals surface area contributed by atoms with Crippen LogP contribution in [0.2, 0.25) is 0 Å². The summed E-state index contributed by atoms with van der Waals surface area (Å²) in [5.74, 6) is 0.732. The maximum atomic E-state index is 4.96. The lowest BCUT2D eigenvalue weighted by atomic mass is 10.1. The van der Waals surface area contributed by atoms with Crippen molar-refractivity contribution in [2.24, 2.45) is 0 Å². The predicted molar refractivity (Wildman–Crippen MR) is 93.5 cm³/mol. The van der Waals surface area contributed by atoms with Gasteiger partial charge in [0.15, 0.2) is 5.13 Å². The molecule has 1 fully saturated rings. The van der Waals surface area contributed by atoms with E-state index in [0.29, 0.717) is 0 Å². The number of unbranched alkanes of at least 4 members (excludes halogenated alkanes) is 2. The van der Waals surface area contributed by atoms with Crippen molar-refractivity contribution in [3.8, 4) is 0 Å². The molecule has 0 aromatic carbocycles. The number of rotatable bonds is 8. The number of thiazole rings is 1. The average molecular weight is 310 g/mol. The molecule has 0 saturated heterocycles. The first-order valence-electron chi connectivity index (χ1n) is 8.36. The van der Waals surface area contributed by atoms with E-state index >= 15 is 0 Å². The van der Waals surface area contributed by atoms with Gasteiger partial charge >= 0.3 is 0 Å². The Kier molecular flexibility index (Phi) is 5.67. The van der Waals surface area contributed by atoms with Crippen molar-refractivity contribution in [3.63, 3.8) is 0 Å². The molecule has 4 heteroatoms. The van der Waals surface area contributed by atoms with Crippen LogP contribution < -0.4 is 10.2 Å². The van der Waals surface area contributed by atoms with E-state index in [9.17, 15) is 0 Å². The largest absolute Gasteiger partial charge is 0.351 e. The maximum absolute atomic E-state index is 4.96. The van der Waals surface area contributed by atoms with E-state index < -0.39 is 0 Å². The van der Waals surface area contributed by atoms with E-state index in [2.05, 4.69) is 45.0 Å². The van der Waals surface area contributed by atoms with Crippen LogP contribution in [0.4, 0.5) is 5.13 Å². The van der Waals surface area contributed by atoms with Crippen LogP contribution in [0.5, 0.6) is 0 Å². The van der Waals surface area contributed by atoms with Crippen molar-refractivity contribution in [1.29, 1.82) is 0 Å². The van der Waals surface area contributed by atoms with E-state index in [0.717, 1.165) is 19.0 Å². The molecule has 0 aliphatic heterocycles. The zero-order chi connectivity index (χ0) is 15.5. The SMILES string of the molecule is CCCCCN(C)c1nc(C2CC2)c(CNC(C)(C)C)s1. The molecule has 1 saturated carbocycles. The average Bonchev–Trinajstić information content (AvgIpc) is 3.15. The van der Waals surface area contributed by atoms with Crippen LogP contribution in [0, 0.1) is 0 Å². The zero-order valence-corrected chi connectivity index (χ0v) is 15.1. The zero-order valence-electron chi connectivity index (χ0n) is 14.3. The lowest BCUT2D eigenvalue weighted by Crippen LogP contribution is -2.35. The van der Waals surface area contributed by atoms with Crippen LogP contribution >= 0.6 is 11.3 Å². The number of anilines is 1. The highest BCUT2D eigenvalue weighted by molar-refractivity contribution is 7.15. The minimum absolute atomic E-state index is 0.165. The van der Waals surface area contributed by atoms with E-state index in [4.69, 9.17) is 4.98 Å². The van der Waals surface area contributed by atoms with Crippen LogP contribution in [-0.4, -0.2) is 24.1 Å². The predicted octanol–water partition coefficient (Wildman–Crippen LogP) is 4.54. The van der Waals surface area contributed by atoms with Crippen molar-refractivity contribution in [2.45, 2.75) is 77.8 Å². The highest BCUT2D eigenvalue weighted by Gasteiger charge is 2.30. The summed E-state index contributed by atoms with van der Waals surface area (Å²) < 4.78 is 0. The molecule has 1 aliphatic carbocycles. The fourth-order valence-electron chi connectivity index (χ4n) is 2.36. The third kappa shape index (κ3) is 5.26. The maximum Gasteiger partial charge on any atom is 0.185 e. The summed E-state index contributed by atoms with van der Waals surface area (Å²) in [6.07, 6.45) is 6.50. The van der Waals surface area contributed by atoms with Gasteiger partial charge in [-0.05, 0) is 40.0 Å². The fraction of sp³-hybridized carbons (Fsp3) is 0.824. The Balaban J connectivity index is 2.02. The van der Waals surface area contributed by atoms with Gasteiger partial charge in [-0.2, -0.15) is 0 Å². The molecule has 1 aromatic heterocycles. The molecule has 1 N–H and O–H groups in total. The Morgan fingerprint density at radius 3 is 2.57 bits per heavy atom. The minimum Gasteiger partial charge on any atom is -0.351 e. The number of hydrogen-bond donors (Lipinski definition) is 1. The molecule has 0 unspecified atom stereocenters. The first-order valence-corrected chi connectivity index (χ1v) is 9.18. The number of nitrogens with one attached hydrogen (secondary N) is 1. The summed E-state index contributed by atoms with van der Waals surface area (Å²) in [6.45, 7) is 11.0. The van der Waals surface area contributed by atoms with E-state index in [-0.39, 0.29) is 5.54 Å². The van der Waals surface area contributed by atoms with Crippen LogP contribution in [0.15, 0.2) is 0 Å². The molecular weight excluding hydrogens is 278 g/mol. The third-order valence-electron chi connectivity index (χ3n) is 3.88. The molecule has 3 nitrogen and oxygen atoms in total. The molecule has 0 atom stereocenters. The summed E-state index contributed by atoms with van der Waals surface area (Å²) in [4.78, 5) is 8.74. The topological polar surface area (TPSA) is 28.2 Å². The van der Waals surface area contributed by atoms with Gasteiger partial charge in [0.2, 0.25) is 0 Å². The molecule has 120 valence electrons. The highest BCUT2D eigenvalue weighted by atomic mass is 32.1. The molecule has 0 bridgehead atoms. The number of hydrogen-bond acceptors (Lipinski definition) is 4. The Hall–Kier alpha value is -0.610. The summed E-state index contributed by atoms with van der Waals surface area (Å²) in [5.41, 5.74) is 1.53. The molecule has 0 spiro atoms. The minimum atomic E-state index is 0.165. The van der Waals surface area contributed by atoms with Crippen LogP contribution in [-0.2, 0) is 6.54 Å². The Morgan fingerprint density at radius 1 is 1.29 bits per heavy atom. The normalized spacial score (nSPS) is 15.5. The first kappa shape index (κ1) is 16.8. The van der Waals surface area contributed by atoms with E-state index in [1.807, 2.05) is 11.3 Å². The smallest absolute Gasteiger partial charge is 0.185 e. The van der Waals surface area contributed by atoms with Crippen molar-refractivity contribution in [2.75, 3.05) is 18.5 Å². The molecule has 1 aliphatic rings. The molecule has 0 amide bonds. The van der Waals surface area contributed by atoms with Crippen molar-refractivity contribution < 1.29 is 0 Å². The van der Waals surface area contributed by atoms with Gasteiger partial charge < -0.3 is 10.2 Å². The second-order valence-electron chi connectivity index (χ2n) is 7.31. The van der Waals surface area contributed by atoms with E-state index in [1.54, 1.807) is 0 Å².